The van der Waals surface area contributed by atoms with Crippen molar-refractivity contribution in [3.8, 4) is 0 Å². The second-order valence-electron chi connectivity index (χ2n) is 5.24. The molecule has 5 heteroatoms. The van der Waals surface area contributed by atoms with Gasteiger partial charge in [0.1, 0.15) is 0 Å². The molecule has 0 aliphatic heterocycles. The Morgan fingerprint density at radius 2 is 1.90 bits per heavy atom. The maximum Gasteiger partial charge on any atom is 0.233 e. The smallest absolute Gasteiger partial charge is 0.233 e. The molecule has 4 nitrogen and oxygen atoms in total. The number of carbonyl (C=O) groups excluding carboxylic acids is 1. The van der Waals surface area contributed by atoms with Crippen LogP contribution in [-0.4, -0.2) is 37.5 Å². The molecule has 1 unspecified atom stereocenters. The predicted molar refractivity (Wildman–Crippen MR) is 88.6 cm³/mol. The van der Waals surface area contributed by atoms with Gasteiger partial charge in [-0.05, 0) is 38.5 Å². The molecular weight excluding hydrogens is 284 g/mol. The van der Waals surface area contributed by atoms with Crippen LogP contribution in [0.5, 0.6) is 0 Å². The van der Waals surface area contributed by atoms with E-state index < -0.39 is 0 Å². The first-order valence-corrected chi connectivity index (χ1v) is 8.16. The molecule has 1 amide bonds. The van der Waals surface area contributed by atoms with Crippen molar-refractivity contribution in [1.82, 2.24) is 10.6 Å². The highest BCUT2D eigenvalue weighted by molar-refractivity contribution is 8.00. The van der Waals surface area contributed by atoms with Crippen molar-refractivity contribution in [2.24, 2.45) is 0 Å². The van der Waals surface area contributed by atoms with Gasteiger partial charge in [0.05, 0.1) is 11.9 Å². The molecule has 0 bridgehead atoms. The molecule has 0 saturated heterocycles. The van der Waals surface area contributed by atoms with Crippen LogP contribution < -0.4 is 10.6 Å². The van der Waals surface area contributed by atoms with Gasteiger partial charge >= 0.3 is 0 Å². The summed E-state index contributed by atoms with van der Waals surface area (Å²) in [5.74, 6) is 0.0836. The lowest BCUT2D eigenvalue weighted by Gasteiger charge is -2.14. The van der Waals surface area contributed by atoms with Crippen LogP contribution in [0.3, 0.4) is 0 Å². The molecule has 0 saturated carbocycles. The molecule has 0 fully saturated rings. The number of methoxy groups -OCH3 is 1. The van der Waals surface area contributed by atoms with Crippen molar-refractivity contribution in [1.29, 1.82) is 0 Å². The minimum absolute atomic E-state index is 0.0836. The SMILES string of the molecule is COCCNCc1ccc(SC(C)C(=O)NC(C)C)cc1. The molecule has 0 aromatic heterocycles. The summed E-state index contributed by atoms with van der Waals surface area (Å²) < 4.78 is 4.99. The zero-order chi connectivity index (χ0) is 15.7. The molecular formula is C16H26N2O2S. The van der Waals surface area contributed by atoms with Crippen LogP contribution in [0, 0.1) is 0 Å². The van der Waals surface area contributed by atoms with E-state index in [1.54, 1.807) is 18.9 Å². The summed E-state index contributed by atoms with van der Waals surface area (Å²) in [6.45, 7) is 8.28. The van der Waals surface area contributed by atoms with Gasteiger partial charge in [0.15, 0.2) is 0 Å². The summed E-state index contributed by atoms with van der Waals surface area (Å²) in [7, 11) is 1.70. The van der Waals surface area contributed by atoms with E-state index in [9.17, 15) is 4.79 Å². The number of carbonyl (C=O) groups is 1. The minimum atomic E-state index is -0.0851. The topological polar surface area (TPSA) is 50.4 Å². The van der Waals surface area contributed by atoms with Crippen LogP contribution >= 0.6 is 11.8 Å². The van der Waals surface area contributed by atoms with Crippen LogP contribution in [0.25, 0.3) is 0 Å². The summed E-state index contributed by atoms with van der Waals surface area (Å²) >= 11 is 1.58. The molecule has 1 rings (SSSR count). The highest BCUT2D eigenvalue weighted by atomic mass is 32.2. The van der Waals surface area contributed by atoms with E-state index in [1.165, 1.54) is 5.56 Å². The van der Waals surface area contributed by atoms with Gasteiger partial charge in [0.25, 0.3) is 0 Å². The third kappa shape index (κ3) is 7.50. The van der Waals surface area contributed by atoms with E-state index in [1.807, 2.05) is 20.8 Å². The maximum atomic E-state index is 11.9. The van der Waals surface area contributed by atoms with Gasteiger partial charge in [0, 0.05) is 31.1 Å². The first-order valence-electron chi connectivity index (χ1n) is 7.28. The minimum Gasteiger partial charge on any atom is -0.383 e. The second kappa shape index (κ2) is 9.82. The quantitative estimate of drug-likeness (QED) is 0.543. The van der Waals surface area contributed by atoms with Gasteiger partial charge < -0.3 is 15.4 Å². The predicted octanol–water partition coefficient (Wildman–Crippen LogP) is 2.43. The first kappa shape index (κ1) is 18.0. The van der Waals surface area contributed by atoms with E-state index in [4.69, 9.17) is 4.74 Å². The monoisotopic (exact) mass is 310 g/mol. The Bertz CT molecular complexity index is 421. The van der Waals surface area contributed by atoms with E-state index >= 15 is 0 Å². The van der Waals surface area contributed by atoms with E-state index in [-0.39, 0.29) is 17.2 Å². The number of nitrogens with one attached hydrogen (secondary N) is 2. The third-order valence-corrected chi connectivity index (χ3v) is 3.96. The highest BCUT2D eigenvalue weighted by Crippen LogP contribution is 2.23. The van der Waals surface area contributed by atoms with Crippen molar-refractivity contribution in [3.63, 3.8) is 0 Å². The fourth-order valence-electron chi connectivity index (χ4n) is 1.75. The number of rotatable bonds is 9. The fourth-order valence-corrected chi connectivity index (χ4v) is 2.63. The van der Waals surface area contributed by atoms with Crippen LogP contribution in [-0.2, 0) is 16.1 Å². The molecule has 1 aromatic carbocycles. The summed E-state index contributed by atoms with van der Waals surface area (Å²) in [5, 5.41) is 6.15. The Labute approximate surface area is 132 Å². The standard InChI is InChI=1S/C16H26N2O2S/c1-12(2)18-16(19)13(3)21-15-7-5-14(6-8-15)11-17-9-10-20-4/h5-8,12-13,17H,9-11H2,1-4H3,(H,18,19). The molecule has 1 atom stereocenters. The molecule has 21 heavy (non-hydrogen) atoms. The normalized spacial score (nSPS) is 12.4. The molecule has 118 valence electrons. The fraction of sp³-hybridized carbons (Fsp3) is 0.562. The molecule has 1 aromatic rings. The number of benzene rings is 1. The molecule has 0 radical (unpaired) electrons. The lowest BCUT2D eigenvalue weighted by Crippen LogP contribution is -2.35. The van der Waals surface area contributed by atoms with Crippen LogP contribution in [0.2, 0.25) is 0 Å². The van der Waals surface area contributed by atoms with Crippen molar-refractivity contribution < 1.29 is 9.53 Å². The van der Waals surface area contributed by atoms with Gasteiger partial charge in [-0.3, -0.25) is 4.79 Å². The Morgan fingerprint density at radius 1 is 1.24 bits per heavy atom. The van der Waals surface area contributed by atoms with E-state index in [2.05, 4.69) is 34.9 Å². The van der Waals surface area contributed by atoms with Gasteiger partial charge in [-0.25, -0.2) is 0 Å². The van der Waals surface area contributed by atoms with Gasteiger partial charge in [-0.15, -0.1) is 11.8 Å². The lowest BCUT2D eigenvalue weighted by molar-refractivity contribution is -0.120. The van der Waals surface area contributed by atoms with E-state index in [0.717, 1.165) is 24.6 Å². The third-order valence-electron chi connectivity index (χ3n) is 2.85. The average Bonchev–Trinajstić information content (AvgIpc) is 2.44. The Kier molecular flexibility index (Phi) is 8.42. The summed E-state index contributed by atoms with van der Waals surface area (Å²) in [5.41, 5.74) is 1.23. The first-order chi connectivity index (χ1) is 10.0. The highest BCUT2D eigenvalue weighted by Gasteiger charge is 2.14. The lowest BCUT2D eigenvalue weighted by atomic mass is 10.2. The number of hydrogen-bond acceptors (Lipinski definition) is 4. The van der Waals surface area contributed by atoms with Crippen LogP contribution in [0.4, 0.5) is 0 Å². The van der Waals surface area contributed by atoms with Crippen molar-refractivity contribution in [3.05, 3.63) is 29.8 Å². The zero-order valence-electron chi connectivity index (χ0n) is 13.3. The summed E-state index contributed by atoms with van der Waals surface area (Å²) in [6, 6.07) is 8.50. The number of hydrogen-bond donors (Lipinski definition) is 2. The van der Waals surface area contributed by atoms with Gasteiger partial charge in [-0.1, -0.05) is 12.1 Å². The summed E-state index contributed by atoms with van der Waals surface area (Å²) in [4.78, 5) is 13.0. The Morgan fingerprint density at radius 3 is 2.48 bits per heavy atom. The molecule has 0 aliphatic rings. The number of thioether (sulfide) groups is 1. The number of amides is 1. The molecule has 0 spiro atoms. The molecule has 0 heterocycles. The van der Waals surface area contributed by atoms with Gasteiger partial charge in [0.2, 0.25) is 5.91 Å². The zero-order valence-corrected chi connectivity index (χ0v) is 14.1. The Balaban J connectivity index is 2.41. The van der Waals surface area contributed by atoms with Gasteiger partial charge in [-0.2, -0.15) is 0 Å². The molecule has 0 aliphatic carbocycles. The van der Waals surface area contributed by atoms with Crippen LogP contribution in [0.15, 0.2) is 29.2 Å². The van der Waals surface area contributed by atoms with Crippen LogP contribution in [0.1, 0.15) is 26.3 Å². The van der Waals surface area contributed by atoms with Crippen molar-refractivity contribution >= 4 is 17.7 Å². The van der Waals surface area contributed by atoms with E-state index in [0.29, 0.717) is 0 Å². The molecule has 2 N–H and O–H groups in total. The Hall–Kier alpha value is -1.04. The summed E-state index contributed by atoms with van der Waals surface area (Å²) in [6.07, 6.45) is 0. The maximum absolute atomic E-state index is 11.9. The van der Waals surface area contributed by atoms with Crippen molar-refractivity contribution in [2.45, 2.75) is 43.5 Å². The largest absolute Gasteiger partial charge is 0.383 e. The average molecular weight is 310 g/mol. The van der Waals surface area contributed by atoms with Crippen molar-refractivity contribution in [2.75, 3.05) is 20.3 Å². The number of ether oxygens (including phenoxy) is 1. The second-order valence-corrected chi connectivity index (χ2v) is 6.65.